The van der Waals surface area contributed by atoms with Crippen LogP contribution in [0.2, 0.25) is 0 Å². The second kappa shape index (κ2) is 18.9. The highest BCUT2D eigenvalue weighted by Gasteiger charge is 2.55. The molecule has 3 amide bonds. The highest BCUT2D eigenvalue weighted by atomic mass is 32.2. The molecule has 0 radical (unpaired) electrons. The lowest BCUT2D eigenvalue weighted by atomic mass is 9.84. The SMILES string of the molecule is Cc1ncsc1-c1ccc(CNC(=O)[C@H]2[C@@H](F)[C@@H](O)CN2C(=O)[C@@H](N(C)C(=O)OC2c3ccccc3-c3ccccc32)C(C)(C)SC(c2ccccc2)(c2ccccc2)c2ccccc2)cc1. The van der Waals surface area contributed by atoms with Crippen LogP contribution in [0.4, 0.5) is 9.18 Å². The lowest BCUT2D eigenvalue weighted by Gasteiger charge is -2.47. The summed E-state index contributed by atoms with van der Waals surface area (Å²) in [6.45, 7) is 5.31. The monoisotopic (exact) mass is 930 g/mol. The minimum atomic E-state index is -2.10. The number of β-amino-alcohol motifs (C(OH)–C–C–N with tert-alkyl or cyclic N) is 1. The molecule has 7 aromatic rings. The van der Waals surface area contributed by atoms with E-state index < -0.39 is 64.4 Å². The second-order valence-corrected chi connectivity index (χ2v) is 20.3. The molecule has 4 atom stereocenters. The summed E-state index contributed by atoms with van der Waals surface area (Å²) >= 11 is 3.02. The van der Waals surface area contributed by atoms with Crippen molar-refractivity contribution >= 4 is 41.0 Å². The molecule has 0 spiro atoms. The van der Waals surface area contributed by atoms with Crippen LogP contribution in [0.5, 0.6) is 0 Å². The van der Waals surface area contributed by atoms with Crippen molar-refractivity contribution in [2.75, 3.05) is 13.6 Å². The third-order valence-corrected chi connectivity index (χ3v) is 15.6. The Morgan fingerprint density at radius 2 is 1.31 bits per heavy atom. The summed E-state index contributed by atoms with van der Waals surface area (Å²) in [4.78, 5) is 52.7. The van der Waals surface area contributed by atoms with Gasteiger partial charge in [0, 0.05) is 29.5 Å². The van der Waals surface area contributed by atoms with E-state index in [0.717, 1.165) is 65.5 Å². The number of fused-ring (bicyclic) bond motifs is 3. The van der Waals surface area contributed by atoms with E-state index in [4.69, 9.17) is 4.74 Å². The van der Waals surface area contributed by atoms with Gasteiger partial charge in [0.1, 0.15) is 18.2 Å². The van der Waals surface area contributed by atoms with Crippen LogP contribution < -0.4 is 5.32 Å². The fourth-order valence-electron chi connectivity index (χ4n) is 9.72. The molecule has 9 rings (SSSR count). The standard InChI is InChI=1S/C55H51FN4O5S2/c1-35-49(66-34-58-35)37-30-28-36(29-31-37)32-57-51(62)47-46(56)45(61)33-60(47)52(63)50(59(4)53(64)65-48-43-26-16-14-24-41(43)42-25-15-17-27-44(42)48)54(2,3)67-55(38-18-8-5-9-19-38,39-20-10-6-11-21-39)40-22-12-7-13-23-40/h5-31,34,45-48,50,61H,32-33H2,1-4H3,(H,57,62)/t45-,46-,47+,50+/m0/s1. The van der Waals surface area contributed by atoms with E-state index in [0.29, 0.717) is 0 Å². The molecule has 2 N–H and O–H groups in total. The third kappa shape index (κ3) is 8.65. The summed E-state index contributed by atoms with van der Waals surface area (Å²) in [7, 11) is 1.51. The van der Waals surface area contributed by atoms with Crippen LogP contribution in [0.15, 0.2) is 169 Å². The van der Waals surface area contributed by atoms with Crippen molar-refractivity contribution in [1.29, 1.82) is 0 Å². The van der Waals surface area contributed by atoms with E-state index >= 15 is 9.18 Å². The third-order valence-electron chi connectivity index (χ3n) is 12.9. The maximum absolute atomic E-state index is 16.4. The molecule has 67 heavy (non-hydrogen) atoms. The van der Waals surface area contributed by atoms with Gasteiger partial charge in [0.05, 0.1) is 27.4 Å². The minimum Gasteiger partial charge on any atom is -0.436 e. The van der Waals surface area contributed by atoms with Crippen molar-refractivity contribution < 1.29 is 28.6 Å². The van der Waals surface area contributed by atoms with Gasteiger partial charge < -0.3 is 20.1 Å². The molecular formula is C55H51FN4O5S2. The number of hydrogen-bond donors (Lipinski definition) is 2. The molecule has 1 aromatic heterocycles. The Morgan fingerprint density at radius 1 is 0.806 bits per heavy atom. The number of likely N-dealkylation sites (tertiary alicyclic amines) is 1. The first-order valence-electron chi connectivity index (χ1n) is 22.3. The average Bonchev–Trinajstić information content (AvgIpc) is 4.03. The zero-order valence-electron chi connectivity index (χ0n) is 37.6. The summed E-state index contributed by atoms with van der Waals surface area (Å²) in [6.07, 6.45) is -5.31. The predicted octanol–water partition coefficient (Wildman–Crippen LogP) is 10.4. The van der Waals surface area contributed by atoms with Crippen molar-refractivity contribution in [2.45, 2.75) is 67.3 Å². The number of carbonyl (C=O) groups excluding carboxylic acids is 3. The van der Waals surface area contributed by atoms with Crippen LogP contribution in [0.3, 0.4) is 0 Å². The zero-order chi connectivity index (χ0) is 46.9. The number of aliphatic hydroxyl groups is 1. The summed E-state index contributed by atoms with van der Waals surface area (Å²) in [6, 6.07) is 50.1. The van der Waals surface area contributed by atoms with Crippen molar-refractivity contribution in [3.05, 3.63) is 208 Å². The first-order chi connectivity index (χ1) is 32.4. The van der Waals surface area contributed by atoms with Crippen LogP contribution in [0.1, 0.15) is 59.0 Å². The molecule has 2 heterocycles. The minimum absolute atomic E-state index is 0.0528. The van der Waals surface area contributed by atoms with E-state index in [1.54, 1.807) is 5.51 Å². The number of halogens is 1. The molecule has 12 heteroatoms. The van der Waals surface area contributed by atoms with Crippen LogP contribution in [0.25, 0.3) is 21.6 Å². The van der Waals surface area contributed by atoms with E-state index in [1.165, 1.54) is 35.0 Å². The maximum atomic E-state index is 16.4. The van der Waals surface area contributed by atoms with E-state index in [2.05, 4.69) is 10.3 Å². The highest BCUT2D eigenvalue weighted by molar-refractivity contribution is 8.02. The van der Waals surface area contributed by atoms with Crippen LogP contribution >= 0.6 is 23.1 Å². The molecule has 1 saturated heterocycles. The van der Waals surface area contributed by atoms with Gasteiger partial charge in [0.2, 0.25) is 11.8 Å². The van der Waals surface area contributed by atoms with Gasteiger partial charge in [0.15, 0.2) is 12.3 Å². The van der Waals surface area contributed by atoms with Gasteiger partial charge in [-0.1, -0.05) is 164 Å². The zero-order valence-corrected chi connectivity index (χ0v) is 39.2. The number of amides is 3. The Bertz CT molecular complexity index is 2740. The number of hydrogen-bond acceptors (Lipinski definition) is 8. The number of alkyl halides is 1. The Labute approximate surface area is 398 Å². The number of nitrogens with one attached hydrogen (secondary N) is 1. The van der Waals surface area contributed by atoms with Gasteiger partial charge >= 0.3 is 6.09 Å². The van der Waals surface area contributed by atoms with Crippen LogP contribution in [0, 0.1) is 6.92 Å². The molecule has 1 aliphatic heterocycles. The second-order valence-electron chi connectivity index (χ2n) is 17.6. The quantitative estimate of drug-likeness (QED) is 0.111. The van der Waals surface area contributed by atoms with Gasteiger partial charge in [-0.05, 0) is 59.7 Å². The first kappa shape index (κ1) is 45.6. The molecule has 1 aliphatic carbocycles. The number of thiazole rings is 1. The Balaban J connectivity index is 1.09. The lowest BCUT2D eigenvalue weighted by molar-refractivity contribution is -0.143. The first-order valence-corrected chi connectivity index (χ1v) is 24.0. The predicted molar refractivity (Wildman–Crippen MR) is 263 cm³/mol. The molecule has 0 bridgehead atoms. The number of likely N-dealkylation sites (N-methyl/N-ethyl adjacent to an activating group) is 1. The molecule has 0 saturated carbocycles. The largest absolute Gasteiger partial charge is 0.436 e. The molecule has 0 unspecified atom stereocenters. The normalized spacial score (nSPS) is 17.3. The smallest absolute Gasteiger partial charge is 0.411 e. The molecule has 9 nitrogen and oxygen atoms in total. The van der Waals surface area contributed by atoms with Crippen molar-refractivity contribution in [1.82, 2.24) is 20.1 Å². The molecule has 340 valence electrons. The number of nitrogens with zero attached hydrogens (tertiary/aromatic N) is 3. The number of rotatable bonds is 13. The van der Waals surface area contributed by atoms with Gasteiger partial charge in [-0.15, -0.1) is 23.1 Å². The molecule has 1 fully saturated rings. The van der Waals surface area contributed by atoms with E-state index in [1.807, 2.05) is 185 Å². The summed E-state index contributed by atoms with van der Waals surface area (Å²) in [5.41, 5.74) is 10.7. The Hall–Kier alpha value is -6.60. The van der Waals surface area contributed by atoms with Crippen molar-refractivity contribution in [3.8, 4) is 21.6 Å². The van der Waals surface area contributed by atoms with Gasteiger partial charge in [-0.3, -0.25) is 14.5 Å². The average molecular weight is 931 g/mol. The van der Waals surface area contributed by atoms with Crippen LogP contribution in [-0.2, 0) is 25.6 Å². The number of carbonyl (C=O) groups is 3. The molecule has 6 aromatic carbocycles. The topological polar surface area (TPSA) is 112 Å². The Morgan fingerprint density at radius 3 is 1.82 bits per heavy atom. The highest BCUT2D eigenvalue weighted by Crippen LogP contribution is 2.55. The van der Waals surface area contributed by atoms with Crippen molar-refractivity contribution in [2.24, 2.45) is 0 Å². The summed E-state index contributed by atoms with van der Waals surface area (Å²) < 4.78 is 20.7. The van der Waals surface area contributed by atoms with Gasteiger partial charge in [0.25, 0.3) is 0 Å². The number of ether oxygens (including phenoxy) is 1. The van der Waals surface area contributed by atoms with E-state index in [9.17, 15) is 14.7 Å². The van der Waals surface area contributed by atoms with Crippen molar-refractivity contribution in [3.63, 3.8) is 0 Å². The Kier molecular flexibility index (Phi) is 12.9. The molecule has 2 aliphatic rings. The van der Waals surface area contributed by atoms with Crippen LogP contribution in [-0.4, -0.2) is 80.5 Å². The number of aliphatic hydroxyl groups excluding tert-OH is 1. The van der Waals surface area contributed by atoms with Gasteiger partial charge in [-0.2, -0.15) is 0 Å². The number of benzene rings is 6. The van der Waals surface area contributed by atoms with Gasteiger partial charge in [-0.25, -0.2) is 14.2 Å². The number of thioether (sulfide) groups is 1. The number of aryl methyl sites for hydroxylation is 1. The summed E-state index contributed by atoms with van der Waals surface area (Å²) in [5.74, 6) is -1.48. The van der Waals surface area contributed by atoms with E-state index in [-0.39, 0.29) is 6.54 Å². The number of aromatic nitrogens is 1. The fourth-order valence-corrected chi connectivity index (χ4v) is 12.4. The summed E-state index contributed by atoms with van der Waals surface area (Å²) in [5, 5.41) is 14.0. The fraction of sp³-hybridized carbons (Fsp3) is 0.236. The lowest BCUT2D eigenvalue weighted by Crippen LogP contribution is -2.61. The molecular weight excluding hydrogens is 880 g/mol. The maximum Gasteiger partial charge on any atom is 0.411 e.